The molecule has 1 unspecified atom stereocenters. The fourth-order valence-corrected chi connectivity index (χ4v) is 1.68. The number of hydrogen-bond donors (Lipinski definition) is 3. The zero-order valence-corrected chi connectivity index (χ0v) is 11.0. The van der Waals surface area contributed by atoms with E-state index in [4.69, 9.17) is 9.47 Å². The second-order valence-corrected chi connectivity index (χ2v) is 4.00. The molecule has 19 heavy (non-hydrogen) atoms. The summed E-state index contributed by atoms with van der Waals surface area (Å²) in [5.41, 5.74) is 0.527. The first-order valence-electron chi connectivity index (χ1n) is 5.92. The number of aromatic hydroxyl groups is 1. The Morgan fingerprint density at radius 3 is 2.74 bits per heavy atom. The number of carboxylic acid groups (broad SMARTS) is 1. The van der Waals surface area contributed by atoms with Crippen LogP contribution in [-0.2, 0) is 9.53 Å². The number of phenolic OH excluding ortho intramolecular Hbond substituents is 1. The van der Waals surface area contributed by atoms with Gasteiger partial charge in [0.25, 0.3) is 0 Å². The first-order valence-corrected chi connectivity index (χ1v) is 5.92. The van der Waals surface area contributed by atoms with Crippen LogP contribution in [0, 0.1) is 0 Å². The number of benzene rings is 1. The number of methoxy groups -OCH3 is 2. The van der Waals surface area contributed by atoms with Crippen molar-refractivity contribution >= 4 is 5.97 Å². The fourth-order valence-electron chi connectivity index (χ4n) is 1.68. The second kappa shape index (κ2) is 7.60. The van der Waals surface area contributed by atoms with Crippen LogP contribution in [0.4, 0.5) is 0 Å². The molecule has 0 radical (unpaired) electrons. The quantitative estimate of drug-likeness (QED) is 0.614. The van der Waals surface area contributed by atoms with Crippen LogP contribution < -0.4 is 10.1 Å². The number of rotatable bonds is 8. The average molecular weight is 269 g/mol. The monoisotopic (exact) mass is 269 g/mol. The largest absolute Gasteiger partial charge is 0.504 e. The smallest absolute Gasteiger partial charge is 0.325 e. The summed E-state index contributed by atoms with van der Waals surface area (Å²) in [4.78, 5) is 11.3. The van der Waals surface area contributed by atoms with Crippen LogP contribution in [0.25, 0.3) is 0 Å². The molecule has 3 N–H and O–H groups in total. The van der Waals surface area contributed by atoms with Crippen LogP contribution >= 0.6 is 0 Å². The van der Waals surface area contributed by atoms with Crippen LogP contribution in [0.3, 0.4) is 0 Å². The lowest BCUT2D eigenvalue weighted by molar-refractivity contribution is -0.139. The SMILES string of the molecule is COCCCNC(C(=O)O)c1ccc(O)c(OC)c1. The third kappa shape index (κ3) is 4.42. The molecule has 0 fully saturated rings. The molecule has 0 amide bonds. The Morgan fingerprint density at radius 1 is 1.42 bits per heavy atom. The van der Waals surface area contributed by atoms with Gasteiger partial charge in [-0.3, -0.25) is 4.79 Å². The summed E-state index contributed by atoms with van der Waals surface area (Å²) in [6.07, 6.45) is 0.718. The number of aliphatic carboxylic acids is 1. The van der Waals surface area contributed by atoms with Crippen LogP contribution in [0.1, 0.15) is 18.0 Å². The molecule has 0 heterocycles. The maximum Gasteiger partial charge on any atom is 0.325 e. The predicted molar refractivity (Wildman–Crippen MR) is 69.5 cm³/mol. The molecule has 0 aliphatic rings. The van der Waals surface area contributed by atoms with E-state index in [1.165, 1.54) is 19.2 Å². The van der Waals surface area contributed by atoms with E-state index in [0.717, 1.165) is 6.42 Å². The minimum absolute atomic E-state index is 0.0187. The third-order valence-electron chi connectivity index (χ3n) is 2.66. The van der Waals surface area contributed by atoms with Crippen molar-refractivity contribution in [2.75, 3.05) is 27.4 Å². The number of carboxylic acids is 1. The number of hydrogen-bond acceptors (Lipinski definition) is 5. The normalized spacial score (nSPS) is 12.1. The Balaban J connectivity index is 2.78. The molecule has 1 rings (SSSR count). The van der Waals surface area contributed by atoms with Crippen molar-refractivity contribution in [3.05, 3.63) is 23.8 Å². The van der Waals surface area contributed by atoms with E-state index in [-0.39, 0.29) is 11.5 Å². The first kappa shape index (κ1) is 15.3. The van der Waals surface area contributed by atoms with Crippen molar-refractivity contribution in [2.45, 2.75) is 12.5 Å². The highest BCUT2D eigenvalue weighted by Crippen LogP contribution is 2.29. The summed E-state index contributed by atoms with van der Waals surface area (Å²) in [5.74, 6) is -0.748. The fraction of sp³-hybridized carbons (Fsp3) is 0.462. The Labute approximate surface area is 112 Å². The van der Waals surface area contributed by atoms with E-state index in [9.17, 15) is 15.0 Å². The van der Waals surface area contributed by atoms with E-state index < -0.39 is 12.0 Å². The molecule has 0 saturated heterocycles. The molecular weight excluding hydrogens is 250 g/mol. The van der Waals surface area contributed by atoms with Gasteiger partial charge >= 0.3 is 5.97 Å². The maximum atomic E-state index is 11.3. The van der Waals surface area contributed by atoms with Gasteiger partial charge in [-0.15, -0.1) is 0 Å². The molecule has 106 valence electrons. The van der Waals surface area contributed by atoms with Gasteiger partial charge in [-0.25, -0.2) is 0 Å². The number of nitrogens with one attached hydrogen (secondary N) is 1. The Morgan fingerprint density at radius 2 is 2.16 bits per heavy atom. The molecule has 6 heteroatoms. The highest BCUT2D eigenvalue weighted by molar-refractivity contribution is 5.76. The van der Waals surface area contributed by atoms with Crippen molar-refractivity contribution in [2.24, 2.45) is 0 Å². The van der Waals surface area contributed by atoms with Gasteiger partial charge in [0.2, 0.25) is 0 Å². The van der Waals surface area contributed by atoms with Crippen molar-refractivity contribution < 1.29 is 24.5 Å². The molecule has 0 saturated carbocycles. The third-order valence-corrected chi connectivity index (χ3v) is 2.66. The highest BCUT2D eigenvalue weighted by atomic mass is 16.5. The summed E-state index contributed by atoms with van der Waals surface area (Å²) in [7, 11) is 3.01. The standard InChI is InChI=1S/C13H19NO5/c1-18-7-3-6-14-12(13(16)17)9-4-5-10(15)11(8-9)19-2/h4-5,8,12,14-15H,3,6-7H2,1-2H3,(H,16,17). The molecular formula is C13H19NO5. The van der Waals surface area contributed by atoms with Gasteiger partial charge in [0.05, 0.1) is 7.11 Å². The molecule has 0 aliphatic heterocycles. The average Bonchev–Trinajstić information content (AvgIpc) is 2.39. The van der Waals surface area contributed by atoms with Crippen LogP contribution in [0.5, 0.6) is 11.5 Å². The molecule has 0 aromatic heterocycles. The van der Waals surface area contributed by atoms with Crippen molar-refractivity contribution in [1.82, 2.24) is 5.32 Å². The van der Waals surface area contributed by atoms with Crippen molar-refractivity contribution in [3.63, 3.8) is 0 Å². The van der Waals surface area contributed by atoms with Crippen LogP contribution in [-0.4, -0.2) is 43.6 Å². The topological polar surface area (TPSA) is 88.0 Å². The molecule has 0 aliphatic carbocycles. The highest BCUT2D eigenvalue weighted by Gasteiger charge is 2.20. The van der Waals surface area contributed by atoms with Crippen molar-refractivity contribution in [1.29, 1.82) is 0 Å². The van der Waals surface area contributed by atoms with Gasteiger partial charge < -0.3 is 25.0 Å². The van der Waals surface area contributed by atoms with Crippen molar-refractivity contribution in [3.8, 4) is 11.5 Å². The Bertz CT molecular complexity index is 421. The summed E-state index contributed by atoms with van der Waals surface area (Å²) >= 11 is 0. The lowest BCUT2D eigenvalue weighted by Gasteiger charge is -2.16. The Kier molecular flexibility index (Phi) is 6.11. The molecule has 6 nitrogen and oxygen atoms in total. The second-order valence-electron chi connectivity index (χ2n) is 4.00. The van der Waals surface area contributed by atoms with Gasteiger partial charge in [-0.1, -0.05) is 6.07 Å². The minimum atomic E-state index is -0.981. The van der Waals surface area contributed by atoms with Crippen LogP contribution in [0.15, 0.2) is 18.2 Å². The van der Waals surface area contributed by atoms with Gasteiger partial charge in [0.15, 0.2) is 11.5 Å². The van der Waals surface area contributed by atoms with E-state index >= 15 is 0 Å². The van der Waals surface area contributed by atoms with Gasteiger partial charge in [-0.05, 0) is 30.7 Å². The van der Waals surface area contributed by atoms with E-state index in [1.54, 1.807) is 13.2 Å². The maximum absolute atomic E-state index is 11.3. The minimum Gasteiger partial charge on any atom is -0.504 e. The Hall–Kier alpha value is -1.79. The summed E-state index contributed by atoms with van der Waals surface area (Å²) < 4.78 is 9.87. The van der Waals surface area contributed by atoms with E-state index in [2.05, 4.69) is 5.32 Å². The van der Waals surface area contributed by atoms with Gasteiger partial charge in [0, 0.05) is 13.7 Å². The molecule has 1 atom stereocenters. The number of phenols is 1. The zero-order valence-electron chi connectivity index (χ0n) is 11.0. The lowest BCUT2D eigenvalue weighted by atomic mass is 10.1. The summed E-state index contributed by atoms with van der Waals surface area (Å²) in [6.45, 7) is 1.09. The number of ether oxygens (including phenoxy) is 2. The lowest BCUT2D eigenvalue weighted by Crippen LogP contribution is -2.29. The number of carbonyl (C=O) groups is 1. The van der Waals surface area contributed by atoms with E-state index in [1.807, 2.05) is 0 Å². The van der Waals surface area contributed by atoms with Gasteiger partial charge in [0.1, 0.15) is 6.04 Å². The summed E-state index contributed by atoms with van der Waals surface area (Å²) in [5, 5.41) is 21.6. The predicted octanol–water partition coefficient (Wildman–Crippen LogP) is 1.15. The molecule has 1 aromatic rings. The first-order chi connectivity index (χ1) is 9.10. The van der Waals surface area contributed by atoms with E-state index in [0.29, 0.717) is 18.7 Å². The molecule has 1 aromatic carbocycles. The molecule has 0 bridgehead atoms. The van der Waals surface area contributed by atoms with Gasteiger partial charge in [-0.2, -0.15) is 0 Å². The summed E-state index contributed by atoms with van der Waals surface area (Å²) in [6, 6.07) is 3.64. The molecule has 0 spiro atoms. The zero-order chi connectivity index (χ0) is 14.3. The van der Waals surface area contributed by atoms with Crippen LogP contribution in [0.2, 0.25) is 0 Å².